The Balaban J connectivity index is 1.48. The molecule has 0 spiro atoms. The zero-order chi connectivity index (χ0) is 25.2. The van der Waals surface area contributed by atoms with Gasteiger partial charge in [-0.05, 0) is 68.3 Å². The number of rotatable bonds is 8. The predicted molar refractivity (Wildman–Crippen MR) is 128 cm³/mol. The molecule has 1 amide bonds. The Morgan fingerprint density at radius 3 is 2.49 bits per heavy atom. The van der Waals surface area contributed by atoms with Crippen LogP contribution in [0, 0.1) is 28.4 Å². The van der Waals surface area contributed by atoms with E-state index >= 15 is 0 Å². The second-order valence-corrected chi connectivity index (χ2v) is 9.72. The second kappa shape index (κ2) is 9.54. The molecule has 0 atom stereocenters. The van der Waals surface area contributed by atoms with Crippen LogP contribution in [-0.2, 0) is 14.8 Å². The number of anilines is 1. The van der Waals surface area contributed by atoms with Crippen molar-refractivity contribution in [2.75, 3.05) is 5.32 Å². The number of hydrogen-bond donors (Lipinski definition) is 2. The lowest BCUT2D eigenvalue weighted by Gasteiger charge is -2.06. The number of aryl methyl sites for hydroxylation is 1. The molecule has 1 heterocycles. The van der Waals surface area contributed by atoms with Gasteiger partial charge in [0.25, 0.3) is 11.6 Å². The molecule has 0 bridgehead atoms. The zero-order valence-corrected chi connectivity index (χ0v) is 19.3. The fourth-order valence-corrected chi connectivity index (χ4v) is 4.60. The normalized spacial score (nSPS) is 13.8. The van der Waals surface area contributed by atoms with E-state index in [4.69, 9.17) is 4.42 Å². The highest BCUT2D eigenvalue weighted by molar-refractivity contribution is 7.89. The molecule has 0 radical (unpaired) electrons. The van der Waals surface area contributed by atoms with Crippen LogP contribution in [0.4, 0.5) is 11.4 Å². The summed E-state index contributed by atoms with van der Waals surface area (Å²) in [6, 6.07) is 15.3. The van der Waals surface area contributed by atoms with Crippen molar-refractivity contribution in [3.63, 3.8) is 0 Å². The molecular formula is C24H20N4O6S. The standard InChI is InChI=1S/C24H20N4O6S/c1-15-12-19(6-10-22(15)28(30)31)26-24(29)17(14-25)13-20-7-11-23(34-20)16-2-8-21(9-3-16)35(32,33)27-18-4-5-18/h2-3,6-13,18,27H,4-5H2,1H3,(H,26,29)/b17-13+. The fraction of sp³-hybridized carbons (Fsp3) is 0.167. The topological polar surface area (TPSA) is 155 Å². The number of carbonyl (C=O) groups excluding carboxylic acids is 1. The monoisotopic (exact) mass is 492 g/mol. The van der Waals surface area contributed by atoms with Crippen molar-refractivity contribution in [3.05, 3.63) is 81.6 Å². The van der Waals surface area contributed by atoms with Crippen LogP contribution in [0.3, 0.4) is 0 Å². The summed E-state index contributed by atoms with van der Waals surface area (Å²) in [7, 11) is -3.56. The van der Waals surface area contributed by atoms with Gasteiger partial charge in [0.05, 0.1) is 9.82 Å². The minimum absolute atomic E-state index is 0.00931. The Morgan fingerprint density at radius 2 is 1.89 bits per heavy atom. The average molecular weight is 493 g/mol. The van der Waals surface area contributed by atoms with Crippen LogP contribution < -0.4 is 10.0 Å². The van der Waals surface area contributed by atoms with Crippen molar-refractivity contribution in [2.45, 2.75) is 30.7 Å². The first-order chi connectivity index (χ1) is 16.7. The summed E-state index contributed by atoms with van der Waals surface area (Å²) in [5, 5.41) is 22.9. The number of nitro benzene ring substituents is 1. The summed E-state index contributed by atoms with van der Waals surface area (Å²) < 4.78 is 33.0. The van der Waals surface area contributed by atoms with Gasteiger partial charge in [-0.15, -0.1) is 0 Å². The van der Waals surface area contributed by atoms with E-state index in [1.165, 1.54) is 36.4 Å². The molecular weight excluding hydrogens is 472 g/mol. The summed E-state index contributed by atoms with van der Waals surface area (Å²) in [4.78, 5) is 23.1. The highest BCUT2D eigenvalue weighted by Crippen LogP contribution is 2.27. The molecule has 10 nitrogen and oxygen atoms in total. The SMILES string of the molecule is Cc1cc(NC(=O)/C(C#N)=C/c2ccc(-c3ccc(S(=O)(=O)NC4CC4)cc3)o2)ccc1[N+](=O)[O-]. The molecule has 1 fully saturated rings. The molecule has 1 aliphatic rings. The summed E-state index contributed by atoms with van der Waals surface area (Å²) >= 11 is 0. The maximum atomic E-state index is 12.5. The maximum absolute atomic E-state index is 12.5. The van der Waals surface area contributed by atoms with Gasteiger partial charge in [0.1, 0.15) is 23.2 Å². The Morgan fingerprint density at radius 1 is 1.17 bits per heavy atom. The maximum Gasteiger partial charge on any atom is 0.272 e. The molecule has 3 aromatic rings. The second-order valence-electron chi connectivity index (χ2n) is 8.00. The predicted octanol–water partition coefficient (Wildman–Crippen LogP) is 4.15. The molecule has 2 N–H and O–H groups in total. The largest absolute Gasteiger partial charge is 0.457 e. The van der Waals surface area contributed by atoms with Crippen LogP contribution in [0.5, 0.6) is 0 Å². The summed E-state index contributed by atoms with van der Waals surface area (Å²) in [5.74, 6) is -0.0193. The fourth-order valence-electron chi connectivity index (χ4n) is 3.30. The number of nitriles is 1. The highest BCUT2D eigenvalue weighted by Gasteiger charge is 2.28. The number of carbonyl (C=O) groups is 1. The van der Waals surface area contributed by atoms with Gasteiger partial charge in [-0.3, -0.25) is 14.9 Å². The van der Waals surface area contributed by atoms with Crippen LogP contribution in [0.25, 0.3) is 17.4 Å². The molecule has 4 rings (SSSR count). The van der Waals surface area contributed by atoms with Crippen molar-refractivity contribution in [3.8, 4) is 17.4 Å². The van der Waals surface area contributed by atoms with Crippen molar-refractivity contribution in [2.24, 2.45) is 0 Å². The van der Waals surface area contributed by atoms with E-state index in [1.807, 2.05) is 6.07 Å². The third kappa shape index (κ3) is 5.63. The van der Waals surface area contributed by atoms with Gasteiger partial charge < -0.3 is 9.73 Å². The number of hydrogen-bond acceptors (Lipinski definition) is 7. The van der Waals surface area contributed by atoms with Crippen molar-refractivity contribution < 1.29 is 22.6 Å². The minimum atomic E-state index is -3.56. The summed E-state index contributed by atoms with van der Waals surface area (Å²) in [6.45, 7) is 1.55. The van der Waals surface area contributed by atoms with Crippen LogP contribution >= 0.6 is 0 Å². The van der Waals surface area contributed by atoms with Crippen LogP contribution in [0.2, 0.25) is 0 Å². The lowest BCUT2D eigenvalue weighted by Crippen LogP contribution is -2.25. The molecule has 35 heavy (non-hydrogen) atoms. The molecule has 1 aliphatic carbocycles. The molecule has 1 aromatic heterocycles. The molecule has 0 unspecified atom stereocenters. The number of furan rings is 1. The van der Waals surface area contributed by atoms with Crippen LogP contribution in [-0.4, -0.2) is 25.3 Å². The van der Waals surface area contributed by atoms with Crippen LogP contribution in [0.1, 0.15) is 24.2 Å². The van der Waals surface area contributed by atoms with Gasteiger partial charge in [-0.25, -0.2) is 13.1 Å². The first-order valence-electron chi connectivity index (χ1n) is 10.6. The summed E-state index contributed by atoms with van der Waals surface area (Å²) in [5.41, 5.74) is 1.000. The van der Waals surface area contributed by atoms with Gasteiger partial charge in [-0.1, -0.05) is 0 Å². The van der Waals surface area contributed by atoms with Crippen molar-refractivity contribution >= 4 is 33.4 Å². The van der Waals surface area contributed by atoms with Gasteiger partial charge >= 0.3 is 0 Å². The molecule has 0 aliphatic heterocycles. The summed E-state index contributed by atoms with van der Waals surface area (Å²) in [6.07, 6.45) is 2.96. The number of nitrogens with zero attached hydrogens (tertiary/aromatic N) is 2. The number of nitro groups is 1. The number of benzene rings is 2. The van der Waals surface area contributed by atoms with Gasteiger partial charge in [0, 0.05) is 35.0 Å². The molecule has 178 valence electrons. The Kier molecular flexibility index (Phi) is 6.50. The first kappa shape index (κ1) is 23.9. The third-order valence-electron chi connectivity index (χ3n) is 5.28. The van der Waals surface area contributed by atoms with Crippen molar-refractivity contribution in [1.82, 2.24) is 4.72 Å². The van der Waals surface area contributed by atoms with E-state index in [0.29, 0.717) is 22.6 Å². The van der Waals surface area contributed by atoms with Gasteiger partial charge in [0.15, 0.2) is 0 Å². The molecule has 11 heteroatoms. The molecule has 2 aromatic carbocycles. The van der Waals surface area contributed by atoms with Crippen LogP contribution in [0.15, 0.2) is 69.5 Å². The lowest BCUT2D eigenvalue weighted by atomic mass is 10.1. The third-order valence-corrected chi connectivity index (χ3v) is 6.81. The minimum Gasteiger partial charge on any atom is -0.457 e. The molecule has 1 saturated carbocycles. The Bertz CT molecular complexity index is 1480. The van der Waals surface area contributed by atoms with E-state index in [2.05, 4.69) is 10.0 Å². The Hall–Kier alpha value is -4.27. The number of nitrogens with one attached hydrogen (secondary N) is 2. The van der Waals surface area contributed by atoms with E-state index in [-0.39, 0.29) is 28.0 Å². The van der Waals surface area contributed by atoms with E-state index < -0.39 is 20.9 Å². The quantitative estimate of drug-likeness (QED) is 0.207. The lowest BCUT2D eigenvalue weighted by molar-refractivity contribution is -0.385. The van der Waals surface area contributed by atoms with E-state index in [9.17, 15) is 28.6 Å². The smallest absolute Gasteiger partial charge is 0.272 e. The van der Waals surface area contributed by atoms with Crippen molar-refractivity contribution in [1.29, 1.82) is 5.26 Å². The molecule has 0 saturated heterocycles. The van der Waals surface area contributed by atoms with Gasteiger partial charge in [0.2, 0.25) is 10.0 Å². The van der Waals surface area contributed by atoms with E-state index in [1.54, 1.807) is 31.2 Å². The highest BCUT2D eigenvalue weighted by atomic mass is 32.2. The Labute approximate surface area is 201 Å². The average Bonchev–Trinajstić information content (AvgIpc) is 3.49. The zero-order valence-electron chi connectivity index (χ0n) is 18.5. The van der Waals surface area contributed by atoms with Gasteiger partial charge in [-0.2, -0.15) is 5.26 Å². The van der Waals surface area contributed by atoms with E-state index in [0.717, 1.165) is 12.8 Å². The number of amides is 1. The number of sulfonamides is 1. The first-order valence-corrected chi connectivity index (χ1v) is 12.1.